The van der Waals surface area contributed by atoms with Gasteiger partial charge in [-0.3, -0.25) is 0 Å². The highest BCUT2D eigenvalue weighted by molar-refractivity contribution is 5.75. The topological polar surface area (TPSA) is 55.4 Å². The van der Waals surface area contributed by atoms with E-state index in [9.17, 15) is 0 Å². The predicted molar refractivity (Wildman–Crippen MR) is 171 cm³/mol. The van der Waals surface area contributed by atoms with Crippen LogP contribution in [0, 0.1) is 0 Å². The van der Waals surface area contributed by atoms with Gasteiger partial charge in [-0.2, -0.15) is 0 Å². The van der Waals surface area contributed by atoms with Crippen LogP contribution in [0.2, 0.25) is 0 Å². The van der Waals surface area contributed by atoms with Gasteiger partial charge in [0.15, 0.2) is 23.0 Å². The first-order chi connectivity index (χ1) is 20.5. The molecule has 6 heteroatoms. The third-order valence-electron chi connectivity index (χ3n) is 7.57. The van der Waals surface area contributed by atoms with Crippen LogP contribution < -0.4 is 28.4 Å². The summed E-state index contributed by atoms with van der Waals surface area (Å²) in [7, 11) is 6.63. The van der Waals surface area contributed by atoms with Crippen LogP contribution in [0.15, 0.2) is 48.5 Å². The Kier molecular flexibility index (Phi) is 11.2. The van der Waals surface area contributed by atoms with Crippen molar-refractivity contribution in [1.29, 1.82) is 0 Å². The number of rotatable bonds is 13. The number of hydrogen-bond donors (Lipinski definition) is 0. The van der Waals surface area contributed by atoms with Gasteiger partial charge in [0.2, 0.25) is 11.5 Å². The maximum atomic E-state index is 6.34. The number of methoxy groups -OCH3 is 4. The van der Waals surface area contributed by atoms with Gasteiger partial charge in [-0.05, 0) is 85.5 Å². The maximum Gasteiger partial charge on any atom is 0.203 e. The van der Waals surface area contributed by atoms with Crippen molar-refractivity contribution < 1.29 is 28.4 Å². The second-order valence-corrected chi connectivity index (χ2v) is 10.6. The first-order valence-electron chi connectivity index (χ1n) is 14.8. The monoisotopic (exact) mass is 572 g/mol. The van der Waals surface area contributed by atoms with Crippen molar-refractivity contribution in [3.8, 4) is 34.5 Å². The zero-order valence-corrected chi connectivity index (χ0v) is 25.8. The van der Waals surface area contributed by atoms with E-state index in [0.29, 0.717) is 34.5 Å². The fourth-order valence-corrected chi connectivity index (χ4v) is 4.96. The molecular formula is C36H44O6. The first kappa shape index (κ1) is 30.9. The summed E-state index contributed by atoms with van der Waals surface area (Å²) in [5.41, 5.74) is 4.11. The van der Waals surface area contributed by atoms with Gasteiger partial charge in [-0.25, -0.2) is 0 Å². The molecule has 1 fully saturated rings. The minimum absolute atomic E-state index is 0.0606. The van der Waals surface area contributed by atoms with E-state index in [1.54, 1.807) is 28.4 Å². The van der Waals surface area contributed by atoms with Gasteiger partial charge in [0.1, 0.15) is 0 Å². The van der Waals surface area contributed by atoms with Gasteiger partial charge < -0.3 is 28.4 Å². The molecule has 0 saturated heterocycles. The van der Waals surface area contributed by atoms with Gasteiger partial charge in [0.05, 0.1) is 40.6 Å². The molecule has 1 unspecified atom stereocenters. The van der Waals surface area contributed by atoms with E-state index in [1.807, 2.05) is 37.3 Å². The maximum absolute atomic E-state index is 6.34. The van der Waals surface area contributed by atoms with Gasteiger partial charge in [0, 0.05) is 0 Å². The van der Waals surface area contributed by atoms with Crippen LogP contribution in [0.3, 0.4) is 0 Å². The van der Waals surface area contributed by atoms with Crippen molar-refractivity contribution in [2.75, 3.05) is 28.4 Å². The Bertz CT molecular complexity index is 1300. The lowest BCUT2D eigenvalue weighted by molar-refractivity contribution is 0.144. The summed E-state index contributed by atoms with van der Waals surface area (Å²) in [6, 6.07) is 16.3. The van der Waals surface area contributed by atoms with Crippen LogP contribution in [-0.4, -0.2) is 40.6 Å². The highest BCUT2D eigenvalue weighted by atomic mass is 16.5. The molecule has 0 radical (unpaired) electrons. The lowest BCUT2D eigenvalue weighted by Gasteiger charge is -2.25. The van der Waals surface area contributed by atoms with Crippen LogP contribution in [0.25, 0.3) is 24.3 Å². The average molecular weight is 573 g/mol. The molecule has 1 aliphatic rings. The molecule has 0 heterocycles. The quantitative estimate of drug-likeness (QED) is 0.191. The summed E-state index contributed by atoms with van der Waals surface area (Å²) < 4.78 is 35.0. The van der Waals surface area contributed by atoms with Crippen molar-refractivity contribution in [3.05, 3.63) is 70.8 Å². The molecule has 0 spiro atoms. The minimum Gasteiger partial charge on any atom is -0.493 e. The molecule has 3 aromatic rings. The van der Waals surface area contributed by atoms with Crippen LogP contribution in [0.5, 0.6) is 34.5 Å². The number of benzene rings is 3. The summed E-state index contributed by atoms with van der Waals surface area (Å²) in [6.45, 7) is 4.11. The molecule has 0 amide bonds. The van der Waals surface area contributed by atoms with Crippen LogP contribution in [-0.2, 0) is 0 Å². The third-order valence-corrected chi connectivity index (χ3v) is 7.57. The predicted octanol–water partition coefficient (Wildman–Crippen LogP) is 8.95. The highest BCUT2D eigenvalue weighted by Gasteiger charge is 2.21. The zero-order chi connectivity index (χ0) is 29.9. The Morgan fingerprint density at radius 1 is 0.619 bits per heavy atom. The van der Waals surface area contributed by atoms with Crippen LogP contribution in [0.1, 0.15) is 74.6 Å². The summed E-state index contributed by atoms with van der Waals surface area (Å²) in [5.74, 6) is 3.99. The Labute approximate surface area is 250 Å². The Morgan fingerprint density at radius 3 is 1.43 bits per heavy atom. The third kappa shape index (κ3) is 8.03. The van der Waals surface area contributed by atoms with Gasteiger partial charge in [0.25, 0.3) is 0 Å². The lowest BCUT2D eigenvalue weighted by atomic mass is 9.98. The van der Waals surface area contributed by atoms with Crippen molar-refractivity contribution >= 4 is 24.3 Å². The molecule has 4 rings (SSSR count). The van der Waals surface area contributed by atoms with Crippen LogP contribution >= 0.6 is 0 Å². The van der Waals surface area contributed by atoms with Gasteiger partial charge in [-0.15, -0.1) is 0 Å². The summed E-state index contributed by atoms with van der Waals surface area (Å²) in [4.78, 5) is 0. The molecule has 0 N–H and O–H groups in total. The van der Waals surface area contributed by atoms with E-state index < -0.39 is 0 Å². The second-order valence-electron chi connectivity index (χ2n) is 10.6. The molecule has 6 nitrogen and oxygen atoms in total. The van der Waals surface area contributed by atoms with Crippen molar-refractivity contribution in [1.82, 2.24) is 0 Å². The van der Waals surface area contributed by atoms with E-state index in [4.69, 9.17) is 28.4 Å². The first-order valence-corrected chi connectivity index (χ1v) is 14.8. The fraction of sp³-hybridized carbons (Fsp3) is 0.389. The molecule has 42 heavy (non-hydrogen) atoms. The van der Waals surface area contributed by atoms with E-state index >= 15 is 0 Å². The molecule has 1 saturated carbocycles. The molecule has 0 aromatic heterocycles. The van der Waals surface area contributed by atoms with Crippen molar-refractivity contribution in [3.63, 3.8) is 0 Å². The molecule has 0 bridgehead atoms. The van der Waals surface area contributed by atoms with E-state index in [2.05, 4.69) is 49.4 Å². The SMILES string of the molecule is CCC(C)Oc1c(OC)cc(/C=C/c2ccc(/C=C/c3cc(OC)c(OC4CCCCC4)c(OC)c3)cc2)cc1OC. The molecule has 1 aliphatic carbocycles. The van der Waals surface area contributed by atoms with Gasteiger partial charge >= 0.3 is 0 Å². The molecule has 3 aromatic carbocycles. The molecule has 1 atom stereocenters. The van der Waals surface area contributed by atoms with Crippen molar-refractivity contribution in [2.24, 2.45) is 0 Å². The van der Waals surface area contributed by atoms with E-state index in [0.717, 1.165) is 41.5 Å². The smallest absolute Gasteiger partial charge is 0.203 e. The second kappa shape index (κ2) is 15.2. The average Bonchev–Trinajstić information content (AvgIpc) is 3.04. The highest BCUT2D eigenvalue weighted by Crippen LogP contribution is 2.42. The Balaban J connectivity index is 1.47. The van der Waals surface area contributed by atoms with Crippen molar-refractivity contribution in [2.45, 2.75) is 64.6 Å². The van der Waals surface area contributed by atoms with Gasteiger partial charge in [-0.1, -0.05) is 61.9 Å². The summed E-state index contributed by atoms with van der Waals surface area (Å²) in [6.07, 6.45) is 15.2. The van der Waals surface area contributed by atoms with Crippen LogP contribution in [0.4, 0.5) is 0 Å². The van der Waals surface area contributed by atoms with E-state index in [-0.39, 0.29) is 12.2 Å². The van der Waals surface area contributed by atoms with E-state index in [1.165, 1.54) is 19.3 Å². The largest absolute Gasteiger partial charge is 0.493 e. The number of ether oxygens (including phenoxy) is 6. The Morgan fingerprint density at radius 2 is 1.02 bits per heavy atom. The lowest BCUT2D eigenvalue weighted by Crippen LogP contribution is -2.20. The number of hydrogen-bond acceptors (Lipinski definition) is 6. The summed E-state index contributed by atoms with van der Waals surface area (Å²) in [5, 5.41) is 0. The standard InChI is InChI=1S/C36H44O6/c1-7-25(2)41-35-31(37-3)21-28(22-32(35)38-4)19-17-26-13-15-27(16-14-26)18-20-29-23-33(39-5)36(34(24-29)40-6)42-30-11-9-8-10-12-30/h13-25,30H,7-12H2,1-6H3/b19-17+,20-18+. The summed E-state index contributed by atoms with van der Waals surface area (Å²) >= 11 is 0. The molecule has 224 valence electrons. The molecule has 0 aliphatic heterocycles. The molecular weight excluding hydrogens is 528 g/mol. The fourth-order valence-electron chi connectivity index (χ4n) is 4.96. The normalized spacial score (nSPS) is 14.6. The minimum atomic E-state index is 0.0606. The zero-order valence-electron chi connectivity index (χ0n) is 25.8. The Hall–Kier alpha value is -4.06.